The van der Waals surface area contributed by atoms with Crippen LogP contribution in [0.5, 0.6) is 0 Å². The molecule has 11 heavy (non-hydrogen) atoms. The van der Waals surface area contributed by atoms with Crippen LogP contribution in [0.1, 0.15) is 0 Å². The van der Waals surface area contributed by atoms with Crippen molar-refractivity contribution in [2.24, 2.45) is 5.84 Å². The Morgan fingerprint density at radius 3 is 2.36 bits per heavy atom. The molecule has 0 aromatic heterocycles. The van der Waals surface area contributed by atoms with E-state index in [-0.39, 0.29) is 12.4 Å². The average Bonchev–Trinajstić information content (AvgIpc) is 1.94. The second kappa shape index (κ2) is 4.67. The van der Waals surface area contributed by atoms with Crippen molar-refractivity contribution in [1.82, 2.24) is 0 Å². The van der Waals surface area contributed by atoms with Gasteiger partial charge in [0, 0.05) is 5.02 Å². The fourth-order valence-corrected chi connectivity index (χ4v) is 0.952. The molecule has 0 saturated carbocycles. The zero-order valence-corrected chi connectivity index (χ0v) is 7.80. The number of hydrazine groups is 1. The third kappa shape index (κ3) is 2.75. The molecule has 0 fully saturated rings. The van der Waals surface area contributed by atoms with E-state index in [1.54, 1.807) is 18.2 Å². The predicted molar refractivity (Wildman–Crippen MR) is 51.5 cm³/mol. The Kier molecular flexibility index (Phi) is 4.61. The summed E-state index contributed by atoms with van der Waals surface area (Å²) in [4.78, 5) is 0. The Morgan fingerprint density at radius 2 is 1.91 bits per heavy atom. The van der Waals surface area contributed by atoms with Crippen molar-refractivity contribution in [3.05, 3.63) is 28.2 Å². The first-order valence-electron chi connectivity index (χ1n) is 2.65. The van der Waals surface area contributed by atoms with Crippen LogP contribution in [0.3, 0.4) is 0 Å². The van der Waals surface area contributed by atoms with Crippen molar-refractivity contribution in [2.45, 2.75) is 0 Å². The van der Waals surface area contributed by atoms with E-state index in [0.717, 1.165) is 0 Å². The zero-order chi connectivity index (χ0) is 7.56. The molecule has 3 N–H and O–H groups in total. The van der Waals surface area contributed by atoms with Crippen molar-refractivity contribution in [3.8, 4) is 0 Å². The van der Waals surface area contributed by atoms with E-state index in [1.807, 2.05) is 0 Å². The van der Waals surface area contributed by atoms with Crippen LogP contribution in [0.4, 0.5) is 5.69 Å². The van der Waals surface area contributed by atoms with Crippen LogP contribution in [0.2, 0.25) is 10.0 Å². The summed E-state index contributed by atoms with van der Waals surface area (Å²) in [6.07, 6.45) is 0. The van der Waals surface area contributed by atoms with E-state index in [9.17, 15) is 0 Å². The molecule has 0 aliphatic rings. The molecule has 0 radical (unpaired) electrons. The quantitative estimate of drug-likeness (QED) is 0.556. The SMILES string of the molecule is Cl.NNc1cc(Cl)ccc1Cl. The lowest BCUT2D eigenvalue weighted by molar-refractivity contribution is 1.35. The maximum Gasteiger partial charge on any atom is 0.0686 e. The van der Waals surface area contributed by atoms with E-state index >= 15 is 0 Å². The summed E-state index contributed by atoms with van der Waals surface area (Å²) in [5.74, 6) is 5.13. The first kappa shape index (κ1) is 10.8. The minimum Gasteiger partial charge on any atom is -0.323 e. The molecule has 0 amide bonds. The van der Waals surface area contributed by atoms with Gasteiger partial charge >= 0.3 is 0 Å². The van der Waals surface area contributed by atoms with E-state index in [0.29, 0.717) is 15.7 Å². The molecule has 0 heterocycles. The normalized spacial score (nSPS) is 8.64. The molecule has 1 aromatic carbocycles. The topological polar surface area (TPSA) is 38.0 Å². The van der Waals surface area contributed by atoms with E-state index in [1.165, 1.54) is 0 Å². The molecule has 0 aliphatic heterocycles. The molecule has 1 rings (SSSR count). The van der Waals surface area contributed by atoms with Gasteiger partial charge in [-0.25, -0.2) is 0 Å². The summed E-state index contributed by atoms with van der Waals surface area (Å²) in [5.41, 5.74) is 3.05. The van der Waals surface area contributed by atoms with Crippen LogP contribution in [0.15, 0.2) is 18.2 Å². The molecule has 5 heteroatoms. The maximum absolute atomic E-state index is 5.70. The van der Waals surface area contributed by atoms with Crippen molar-refractivity contribution in [2.75, 3.05) is 5.43 Å². The molecule has 0 aliphatic carbocycles. The van der Waals surface area contributed by atoms with Gasteiger partial charge in [-0.1, -0.05) is 23.2 Å². The number of hydrogen-bond acceptors (Lipinski definition) is 2. The van der Waals surface area contributed by atoms with Gasteiger partial charge < -0.3 is 5.43 Å². The lowest BCUT2D eigenvalue weighted by Gasteiger charge is -2.01. The molecular weight excluding hydrogens is 206 g/mol. The van der Waals surface area contributed by atoms with Gasteiger partial charge in [0.15, 0.2) is 0 Å². The summed E-state index contributed by atoms with van der Waals surface area (Å²) in [7, 11) is 0. The second-order valence-electron chi connectivity index (χ2n) is 1.77. The molecule has 0 atom stereocenters. The van der Waals surface area contributed by atoms with Crippen LogP contribution in [0.25, 0.3) is 0 Å². The molecular formula is C6H7Cl3N2. The van der Waals surface area contributed by atoms with Gasteiger partial charge in [0.05, 0.1) is 10.7 Å². The van der Waals surface area contributed by atoms with Gasteiger partial charge in [0.1, 0.15) is 0 Å². The molecule has 0 spiro atoms. The summed E-state index contributed by atoms with van der Waals surface area (Å²) in [5, 5.41) is 1.17. The number of nitrogen functional groups attached to an aromatic ring is 1. The number of halogens is 3. The lowest BCUT2D eigenvalue weighted by atomic mass is 10.3. The standard InChI is InChI=1S/C6H6Cl2N2.ClH/c7-4-1-2-5(8)6(3-4)10-9;/h1-3,10H,9H2;1H. The van der Waals surface area contributed by atoms with E-state index in [2.05, 4.69) is 5.43 Å². The summed E-state index contributed by atoms with van der Waals surface area (Å²) in [6.45, 7) is 0. The van der Waals surface area contributed by atoms with Crippen molar-refractivity contribution in [3.63, 3.8) is 0 Å². The Balaban J connectivity index is 0.000001000. The van der Waals surface area contributed by atoms with Gasteiger partial charge in [0.25, 0.3) is 0 Å². The number of anilines is 1. The van der Waals surface area contributed by atoms with Crippen molar-refractivity contribution >= 4 is 41.3 Å². The molecule has 0 unspecified atom stereocenters. The van der Waals surface area contributed by atoms with E-state index < -0.39 is 0 Å². The second-order valence-corrected chi connectivity index (χ2v) is 2.61. The summed E-state index contributed by atoms with van der Waals surface area (Å²) < 4.78 is 0. The number of nitrogens with one attached hydrogen (secondary N) is 1. The molecule has 0 bridgehead atoms. The highest BCUT2D eigenvalue weighted by molar-refractivity contribution is 6.35. The fourth-order valence-electron chi connectivity index (χ4n) is 0.608. The number of nitrogens with two attached hydrogens (primary N) is 1. The highest BCUT2D eigenvalue weighted by Gasteiger charge is 1.96. The highest BCUT2D eigenvalue weighted by atomic mass is 35.5. The average molecular weight is 213 g/mol. The third-order valence-corrected chi connectivity index (χ3v) is 1.65. The van der Waals surface area contributed by atoms with Crippen molar-refractivity contribution < 1.29 is 0 Å². The Labute approximate surface area is 81.1 Å². The van der Waals surface area contributed by atoms with Gasteiger partial charge in [-0.3, -0.25) is 5.84 Å². The number of benzene rings is 1. The zero-order valence-electron chi connectivity index (χ0n) is 5.47. The maximum atomic E-state index is 5.70. The Morgan fingerprint density at radius 1 is 1.27 bits per heavy atom. The molecule has 1 aromatic rings. The monoisotopic (exact) mass is 212 g/mol. The minimum atomic E-state index is 0. The van der Waals surface area contributed by atoms with Crippen LogP contribution in [-0.2, 0) is 0 Å². The number of hydrogen-bond donors (Lipinski definition) is 2. The first-order valence-corrected chi connectivity index (χ1v) is 3.41. The summed E-state index contributed by atoms with van der Waals surface area (Å²) in [6, 6.07) is 5.04. The fraction of sp³-hybridized carbons (Fsp3) is 0. The Hall–Kier alpha value is -0.150. The van der Waals surface area contributed by atoms with Gasteiger partial charge in [-0.15, -0.1) is 12.4 Å². The largest absolute Gasteiger partial charge is 0.323 e. The first-order chi connectivity index (χ1) is 4.74. The van der Waals surface area contributed by atoms with Crippen molar-refractivity contribution in [1.29, 1.82) is 0 Å². The smallest absolute Gasteiger partial charge is 0.0686 e. The van der Waals surface area contributed by atoms with Gasteiger partial charge in [-0.05, 0) is 18.2 Å². The third-order valence-electron chi connectivity index (χ3n) is 1.08. The van der Waals surface area contributed by atoms with Crippen LogP contribution in [0, 0.1) is 0 Å². The van der Waals surface area contributed by atoms with Crippen LogP contribution < -0.4 is 11.3 Å². The summed E-state index contributed by atoms with van der Waals surface area (Å²) >= 11 is 11.3. The Bertz CT molecular complexity index is 239. The highest BCUT2D eigenvalue weighted by Crippen LogP contribution is 2.23. The van der Waals surface area contributed by atoms with Crippen LogP contribution in [-0.4, -0.2) is 0 Å². The van der Waals surface area contributed by atoms with Crippen LogP contribution >= 0.6 is 35.6 Å². The lowest BCUT2D eigenvalue weighted by Crippen LogP contribution is -2.06. The molecule has 62 valence electrons. The number of rotatable bonds is 1. The van der Waals surface area contributed by atoms with Gasteiger partial charge in [-0.2, -0.15) is 0 Å². The molecule has 0 saturated heterocycles. The molecule has 2 nitrogen and oxygen atoms in total. The van der Waals surface area contributed by atoms with Gasteiger partial charge in [0.2, 0.25) is 0 Å². The predicted octanol–water partition coefficient (Wildman–Crippen LogP) is 2.70. The minimum absolute atomic E-state index is 0. The van der Waals surface area contributed by atoms with E-state index in [4.69, 9.17) is 29.0 Å².